The Hall–Kier alpha value is -4.38. The van der Waals surface area contributed by atoms with Crippen molar-refractivity contribution in [3.8, 4) is 23.5 Å². The summed E-state index contributed by atoms with van der Waals surface area (Å²) < 4.78 is 11.8. The fourth-order valence-corrected chi connectivity index (χ4v) is 3.34. The average molecular weight is 424 g/mol. The van der Waals surface area contributed by atoms with E-state index in [0.29, 0.717) is 35.6 Å². The van der Waals surface area contributed by atoms with Gasteiger partial charge in [-0.05, 0) is 31.0 Å². The lowest BCUT2D eigenvalue weighted by Gasteiger charge is -2.15. The van der Waals surface area contributed by atoms with Crippen molar-refractivity contribution in [3.63, 3.8) is 0 Å². The molecule has 0 radical (unpaired) electrons. The molecule has 0 saturated carbocycles. The second-order valence-electron chi connectivity index (χ2n) is 7.24. The number of aromatic nitrogens is 4. The zero-order chi connectivity index (χ0) is 21.9. The van der Waals surface area contributed by atoms with Gasteiger partial charge in [-0.25, -0.2) is 15.0 Å². The predicted molar refractivity (Wildman–Crippen MR) is 122 cm³/mol. The maximum atomic E-state index is 5.93. The molecule has 0 aromatic carbocycles. The minimum Gasteiger partial charge on any atom is -0.490 e. The third-order valence-electron chi connectivity index (χ3n) is 4.85. The van der Waals surface area contributed by atoms with E-state index in [9.17, 15) is 0 Å². The number of anilines is 3. The second kappa shape index (κ2) is 8.40. The van der Waals surface area contributed by atoms with Gasteiger partial charge < -0.3 is 20.1 Å². The van der Waals surface area contributed by atoms with Crippen LogP contribution >= 0.6 is 0 Å². The molecule has 4 aromatic heterocycles. The standard InChI is InChI=1S/C24H20N6O2/c1-15-14-31-18-8-9-26-17(10-18)7-6-16-12-28-24(25-2)20-13-27-22(11-19(16)20)29-21-4-3-5-23(30-21)32-15/h3-5,8-13,15H,14H2,1-2H3,(H,25,28)(H,27,29,30)/t15-/m0/s1. The van der Waals surface area contributed by atoms with Crippen LogP contribution in [0.1, 0.15) is 18.2 Å². The van der Waals surface area contributed by atoms with E-state index < -0.39 is 0 Å². The van der Waals surface area contributed by atoms with Crippen LogP contribution in [0.2, 0.25) is 0 Å². The van der Waals surface area contributed by atoms with E-state index in [-0.39, 0.29) is 6.10 Å². The fraction of sp³-hybridized carbons (Fsp3) is 0.167. The molecule has 2 N–H and O–H groups in total. The van der Waals surface area contributed by atoms with E-state index in [0.717, 1.165) is 22.2 Å². The molecule has 6 bridgehead atoms. The zero-order valence-corrected chi connectivity index (χ0v) is 17.6. The summed E-state index contributed by atoms with van der Waals surface area (Å²) in [6.07, 6.45) is 4.98. The van der Waals surface area contributed by atoms with Crippen molar-refractivity contribution in [2.75, 3.05) is 24.3 Å². The van der Waals surface area contributed by atoms with Crippen LogP contribution < -0.4 is 20.1 Å². The number of hydrogen-bond donors (Lipinski definition) is 2. The maximum absolute atomic E-state index is 5.93. The van der Waals surface area contributed by atoms with Gasteiger partial charge in [-0.3, -0.25) is 0 Å². The lowest BCUT2D eigenvalue weighted by Crippen LogP contribution is -2.21. The van der Waals surface area contributed by atoms with Crippen LogP contribution in [-0.2, 0) is 0 Å². The SMILES string of the molecule is CNc1ncc2c3cc(ncc13)Nc1cccc(n1)O[C@@H](C)COc1ccnc(c1)C#C2. The first-order chi connectivity index (χ1) is 15.7. The fourth-order valence-electron chi connectivity index (χ4n) is 3.34. The molecule has 32 heavy (non-hydrogen) atoms. The van der Waals surface area contributed by atoms with Crippen LogP contribution in [0.25, 0.3) is 10.8 Å². The summed E-state index contributed by atoms with van der Waals surface area (Å²) in [5.41, 5.74) is 1.37. The molecular formula is C24H20N6O2. The molecule has 8 heteroatoms. The molecule has 0 amide bonds. The smallest absolute Gasteiger partial charge is 0.215 e. The van der Waals surface area contributed by atoms with Gasteiger partial charge in [0.2, 0.25) is 5.88 Å². The average Bonchev–Trinajstić information content (AvgIpc) is 2.81. The highest BCUT2D eigenvalue weighted by atomic mass is 16.5. The molecule has 5 rings (SSSR count). The van der Waals surface area contributed by atoms with Gasteiger partial charge in [-0.15, -0.1) is 0 Å². The van der Waals surface area contributed by atoms with Crippen molar-refractivity contribution in [1.82, 2.24) is 19.9 Å². The van der Waals surface area contributed by atoms with Gasteiger partial charge in [0.05, 0.1) is 5.56 Å². The Balaban J connectivity index is 1.66. The van der Waals surface area contributed by atoms with E-state index in [1.54, 1.807) is 24.7 Å². The van der Waals surface area contributed by atoms with Gasteiger partial charge in [0.25, 0.3) is 0 Å². The number of fused-ring (bicyclic) bond motifs is 5. The quantitative estimate of drug-likeness (QED) is 0.446. The molecule has 158 valence electrons. The first-order valence-corrected chi connectivity index (χ1v) is 10.2. The molecule has 0 spiro atoms. The molecule has 1 atom stereocenters. The van der Waals surface area contributed by atoms with Crippen LogP contribution in [-0.4, -0.2) is 39.7 Å². The van der Waals surface area contributed by atoms with Gasteiger partial charge in [-0.2, -0.15) is 4.98 Å². The summed E-state index contributed by atoms with van der Waals surface area (Å²) in [6.45, 7) is 2.28. The minimum absolute atomic E-state index is 0.207. The zero-order valence-electron chi connectivity index (χ0n) is 17.6. The van der Waals surface area contributed by atoms with Crippen molar-refractivity contribution in [2.45, 2.75) is 13.0 Å². The Morgan fingerprint density at radius 1 is 1.03 bits per heavy atom. The van der Waals surface area contributed by atoms with Crippen molar-refractivity contribution in [3.05, 3.63) is 66.2 Å². The molecule has 1 aliphatic heterocycles. The predicted octanol–water partition coefficient (Wildman–Crippen LogP) is 3.76. The summed E-state index contributed by atoms with van der Waals surface area (Å²) in [7, 11) is 1.83. The summed E-state index contributed by atoms with van der Waals surface area (Å²) in [5.74, 6) is 9.47. The Labute approximate surface area is 185 Å². The lowest BCUT2D eigenvalue weighted by molar-refractivity contribution is 0.138. The number of nitrogens with one attached hydrogen (secondary N) is 2. The highest BCUT2D eigenvalue weighted by Gasteiger charge is 2.11. The molecule has 0 saturated heterocycles. The largest absolute Gasteiger partial charge is 0.490 e. The first kappa shape index (κ1) is 19.6. The van der Waals surface area contributed by atoms with Gasteiger partial charge in [0.15, 0.2) is 0 Å². The van der Waals surface area contributed by atoms with Crippen molar-refractivity contribution >= 4 is 28.2 Å². The topological polar surface area (TPSA) is 94.1 Å². The molecule has 0 fully saturated rings. The molecule has 8 nitrogen and oxygen atoms in total. The van der Waals surface area contributed by atoms with E-state index in [2.05, 4.69) is 42.4 Å². The molecule has 0 aliphatic carbocycles. The number of nitrogens with zero attached hydrogens (tertiary/aromatic N) is 4. The normalized spacial score (nSPS) is 14.9. The van der Waals surface area contributed by atoms with E-state index in [4.69, 9.17) is 9.47 Å². The Morgan fingerprint density at radius 3 is 2.88 bits per heavy atom. The van der Waals surface area contributed by atoms with Crippen LogP contribution in [0.5, 0.6) is 11.6 Å². The Kier molecular flexibility index (Phi) is 5.14. The summed E-state index contributed by atoms with van der Waals surface area (Å²) in [5, 5.41) is 8.13. The Bertz CT molecular complexity index is 1360. The third kappa shape index (κ3) is 4.09. The Morgan fingerprint density at radius 2 is 1.97 bits per heavy atom. The third-order valence-corrected chi connectivity index (χ3v) is 4.85. The summed E-state index contributed by atoms with van der Waals surface area (Å²) in [4.78, 5) is 17.9. The monoisotopic (exact) mass is 424 g/mol. The number of pyridine rings is 4. The minimum atomic E-state index is -0.207. The highest BCUT2D eigenvalue weighted by molar-refractivity contribution is 5.96. The molecular weight excluding hydrogens is 404 g/mol. The van der Waals surface area contributed by atoms with Crippen LogP contribution in [0, 0.1) is 11.8 Å². The van der Waals surface area contributed by atoms with E-state index >= 15 is 0 Å². The highest BCUT2D eigenvalue weighted by Crippen LogP contribution is 2.27. The second-order valence-corrected chi connectivity index (χ2v) is 7.24. The molecule has 5 heterocycles. The number of ether oxygens (including phenoxy) is 2. The molecule has 4 aromatic rings. The summed E-state index contributed by atoms with van der Waals surface area (Å²) >= 11 is 0. The van der Waals surface area contributed by atoms with Gasteiger partial charge in [0.1, 0.15) is 41.6 Å². The van der Waals surface area contributed by atoms with Gasteiger partial charge in [-0.1, -0.05) is 12.0 Å². The molecule has 0 unspecified atom stereocenters. The van der Waals surface area contributed by atoms with Crippen LogP contribution in [0.15, 0.2) is 55.0 Å². The van der Waals surface area contributed by atoms with Crippen molar-refractivity contribution in [2.24, 2.45) is 0 Å². The van der Waals surface area contributed by atoms with Crippen LogP contribution in [0.4, 0.5) is 17.5 Å². The van der Waals surface area contributed by atoms with Gasteiger partial charge in [0, 0.05) is 48.5 Å². The number of hydrogen-bond acceptors (Lipinski definition) is 8. The maximum Gasteiger partial charge on any atom is 0.215 e. The van der Waals surface area contributed by atoms with E-state index in [1.807, 2.05) is 44.3 Å². The van der Waals surface area contributed by atoms with Crippen molar-refractivity contribution in [1.29, 1.82) is 0 Å². The van der Waals surface area contributed by atoms with Crippen LogP contribution in [0.3, 0.4) is 0 Å². The lowest BCUT2D eigenvalue weighted by atomic mass is 10.1. The van der Waals surface area contributed by atoms with Crippen molar-refractivity contribution < 1.29 is 9.47 Å². The number of rotatable bonds is 1. The van der Waals surface area contributed by atoms with E-state index in [1.165, 1.54) is 0 Å². The first-order valence-electron chi connectivity index (χ1n) is 10.2. The van der Waals surface area contributed by atoms with Gasteiger partial charge >= 0.3 is 0 Å². The summed E-state index contributed by atoms with van der Waals surface area (Å²) in [6, 6.07) is 11.1. The molecule has 1 aliphatic rings.